The van der Waals surface area contributed by atoms with E-state index in [1.165, 1.54) is 12.7 Å². The van der Waals surface area contributed by atoms with Crippen molar-refractivity contribution >= 4 is 23.3 Å². The van der Waals surface area contributed by atoms with E-state index < -0.39 is 18.0 Å². The first-order valence-corrected chi connectivity index (χ1v) is 9.20. The molecule has 1 aromatic heterocycles. The lowest BCUT2D eigenvalue weighted by Gasteiger charge is -2.22. The van der Waals surface area contributed by atoms with E-state index in [0.717, 1.165) is 23.3 Å². The molecule has 0 spiro atoms. The van der Waals surface area contributed by atoms with Gasteiger partial charge in [-0.2, -0.15) is 0 Å². The molecular formula is C19H24N2O3S. The van der Waals surface area contributed by atoms with Gasteiger partial charge in [0.25, 0.3) is 0 Å². The molecule has 2 aromatic rings. The fourth-order valence-corrected chi connectivity index (χ4v) is 3.36. The van der Waals surface area contributed by atoms with Crippen molar-refractivity contribution in [3.05, 3.63) is 57.8 Å². The second kappa shape index (κ2) is 9.34. The average molecular weight is 360 g/mol. The van der Waals surface area contributed by atoms with Crippen LogP contribution in [0.4, 0.5) is 4.79 Å². The third-order valence-electron chi connectivity index (χ3n) is 3.90. The second-order valence-electron chi connectivity index (χ2n) is 5.81. The molecule has 0 unspecified atom stereocenters. The van der Waals surface area contributed by atoms with Crippen LogP contribution < -0.4 is 10.6 Å². The van der Waals surface area contributed by atoms with Gasteiger partial charge in [-0.1, -0.05) is 43.7 Å². The average Bonchev–Trinajstić information content (AvgIpc) is 3.14. The van der Waals surface area contributed by atoms with Crippen molar-refractivity contribution in [1.82, 2.24) is 10.6 Å². The molecule has 0 saturated heterocycles. The van der Waals surface area contributed by atoms with Crippen molar-refractivity contribution in [3.8, 4) is 0 Å². The van der Waals surface area contributed by atoms with Gasteiger partial charge in [-0.15, -0.1) is 11.3 Å². The van der Waals surface area contributed by atoms with Crippen LogP contribution in [0.1, 0.15) is 42.3 Å². The summed E-state index contributed by atoms with van der Waals surface area (Å²) in [4.78, 5) is 24.5. The van der Waals surface area contributed by atoms with Gasteiger partial charge in [0, 0.05) is 4.88 Å². The van der Waals surface area contributed by atoms with E-state index >= 15 is 0 Å². The number of methoxy groups -OCH3 is 1. The zero-order chi connectivity index (χ0) is 18.2. The van der Waals surface area contributed by atoms with Crippen LogP contribution in [0, 0.1) is 0 Å². The van der Waals surface area contributed by atoms with Crippen molar-refractivity contribution in [2.45, 2.75) is 38.8 Å². The predicted octanol–water partition coefficient (Wildman–Crippen LogP) is 3.65. The molecule has 0 radical (unpaired) electrons. The molecule has 2 N–H and O–H groups in total. The van der Waals surface area contributed by atoms with Gasteiger partial charge < -0.3 is 4.74 Å². The number of aryl methyl sites for hydroxylation is 1. The van der Waals surface area contributed by atoms with Crippen LogP contribution >= 0.6 is 11.3 Å². The zero-order valence-corrected chi connectivity index (χ0v) is 15.6. The summed E-state index contributed by atoms with van der Waals surface area (Å²) in [5, 5.41) is 7.51. The van der Waals surface area contributed by atoms with Crippen LogP contribution in [0.5, 0.6) is 0 Å². The number of carbonyl (C=O) groups excluding carboxylic acids is 2. The number of hydrogen-bond donors (Lipinski definition) is 2. The highest BCUT2D eigenvalue weighted by atomic mass is 32.1. The van der Waals surface area contributed by atoms with E-state index in [1.54, 1.807) is 18.3 Å². The number of ether oxygens (including phenoxy) is 1. The van der Waals surface area contributed by atoms with Crippen molar-refractivity contribution < 1.29 is 14.3 Å². The molecule has 0 aliphatic rings. The zero-order valence-electron chi connectivity index (χ0n) is 14.7. The van der Waals surface area contributed by atoms with Crippen LogP contribution in [-0.4, -0.2) is 25.2 Å². The monoisotopic (exact) mass is 360 g/mol. The van der Waals surface area contributed by atoms with Crippen molar-refractivity contribution in [3.63, 3.8) is 0 Å². The minimum Gasteiger partial charge on any atom is -0.453 e. The van der Waals surface area contributed by atoms with Gasteiger partial charge in [-0.25, -0.2) is 4.79 Å². The lowest BCUT2D eigenvalue weighted by atomic mass is 10.0. The summed E-state index contributed by atoms with van der Waals surface area (Å²) in [5.74, 6) is -0.420. The fraction of sp³-hybridized carbons (Fsp3) is 0.368. The van der Waals surface area contributed by atoms with Gasteiger partial charge in [-0.05, 0) is 35.9 Å². The standard InChI is InChI=1S/C19H24N2O3S/c1-4-6-14-8-10-15(11-9-14)17(16-7-5-12-25-16)20-13(2)18(22)21-19(23)24-3/h5,7-13,17,20H,4,6H2,1-3H3,(H,21,22,23)/t13-,17+/m1/s1. The fourth-order valence-electron chi connectivity index (χ4n) is 2.55. The summed E-state index contributed by atoms with van der Waals surface area (Å²) < 4.78 is 4.47. The normalized spacial score (nSPS) is 13.1. The molecule has 1 heterocycles. The predicted molar refractivity (Wildman–Crippen MR) is 99.7 cm³/mol. The largest absolute Gasteiger partial charge is 0.453 e. The van der Waals surface area contributed by atoms with E-state index in [0.29, 0.717) is 0 Å². The molecule has 2 amide bonds. The Hall–Kier alpha value is -2.18. The lowest BCUT2D eigenvalue weighted by molar-refractivity contribution is -0.122. The summed E-state index contributed by atoms with van der Waals surface area (Å²) in [6.07, 6.45) is 1.40. The van der Waals surface area contributed by atoms with Crippen LogP contribution in [-0.2, 0) is 16.0 Å². The Kier molecular flexibility index (Phi) is 7.16. The van der Waals surface area contributed by atoms with Gasteiger partial charge >= 0.3 is 6.09 Å². The van der Waals surface area contributed by atoms with Crippen molar-refractivity contribution in [2.75, 3.05) is 7.11 Å². The first-order valence-electron chi connectivity index (χ1n) is 8.32. The maximum Gasteiger partial charge on any atom is 0.413 e. The molecule has 2 rings (SSSR count). The Balaban J connectivity index is 2.16. The van der Waals surface area contributed by atoms with Gasteiger partial charge in [-0.3, -0.25) is 15.4 Å². The Bertz CT molecular complexity index is 683. The Morgan fingerprint density at radius 2 is 1.92 bits per heavy atom. The van der Waals surface area contributed by atoms with Crippen molar-refractivity contribution in [1.29, 1.82) is 0 Å². The van der Waals surface area contributed by atoms with Crippen LogP contribution in [0.2, 0.25) is 0 Å². The first-order chi connectivity index (χ1) is 12.0. The maximum absolute atomic E-state index is 12.1. The number of benzene rings is 1. The maximum atomic E-state index is 12.1. The van der Waals surface area contributed by atoms with Gasteiger partial charge in [0.2, 0.25) is 5.91 Å². The van der Waals surface area contributed by atoms with Gasteiger partial charge in [0.1, 0.15) is 0 Å². The van der Waals surface area contributed by atoms with E-state index in [2.05, 4.69) is 46.6 Å². The minimum absolute atomic E-state index is 0.117. The van der Waals surface area contributed by atoms with E-state index in [4.69, 9.17) is 0 Å². The molecule has 134 valence electrons. The number of amides is 2. The molecule has 5 nitrogen and oxygen atoms in total. The summed E-state index contributed by atoms with van der Waals surface area (Å²) >= 11 is 1.63. The topological polar surface area (TPSA) is 67.4 Å². The summed E-state index contributed by atoms with van der Waals surface area (Å²) in [7, 11) is 1.23. The quantitative estimate of drug-likeness (QED) is 0.791. The van der Waals surface area contributed by atoms with E-state index in [-0.39, 0.29) is 6.04 Å². The molecule has 0 saturated carbocycles. The van der Waals surface area contributed by atoms with E-state index in [9.17, 15) is 9.59 Å². The molecule has 0 bridgehead atoms. The minimum atomic E-state index is -0.754. The number of imide groups is 1. The molecule has 0 aliphatic carbocycles. The van der Waals surface area contributed by atoms with Crippen molar-refractivity contribution in [2.24, 2.45) is 0 Å². The number of carbonyl (C=O) groups is 2. The smallest absolute Gasteiger partial charge is 0.413 e. The summed E-state index contributed by atoms with van der Waals surface area (Å²) in [6.45, 7) is 3.88. The number of rotatable bonds is 7. The Morgan fingerprint density at radius 3 is 2.48 bits per heavy atom. The molecule has 6 heteroatoms. The SMILES string of the molecule is CCCc1ccc([C@H](N[C@H](C)C(=O)NC(=O)OC)c2cccs2)cc1. The third-order valence-corrected chi connectivity index (χ3v) is 4.84. The summed E-state index contributed by atoms with van der Waals surface area (Å²) in [6, 6.07) is 11.8. The number of alkyl carbamates (subject to hydrolysis) is 1. The molecule has 0 aliphatic heterocycles. The number of nitrogens with one attached hydrogen (secondary N) is 2. The molecular weight excluding hydrogens is 336 g/mol. The molecule has 1 aromatic carbocycles. The van der Waals surface area contributed by atoms with Crippen LogP contribution in [0.15, 0.2) is 41.8 Å². The van der Waals surface area contributed by atoms with Gasteiger partial charge in [0.15, 0.2) is 0 Å². The second-order valence-corrected chi connectivity index (χ2v) is 6.79. The highest BCUT2D eigenvalue weighted by Gasteiger charge is 2.22. The summed E-state index contributed by atoms with van der Waals surface area (Å²) in [5.41, 5.74) is 2.38. The Morgan fingerprint density at radius 1 is 1.20 bits per heavy atom. The third kappa shape index (κ3) is 5.41. The highest BCUT2D eigenvalue weighted by molar-refractivity contribution is 7.10. The molecule has 2 atom stereocenters. The van der Waals surface area contributed by atoms with E-state index in [1.807, 2.05) is 17.5 Å². The van der Waals surface area contributed by atoms with Crippen LogP contribution in [0.25, 0.3) is 0 Å². The number of thiophene rings is 1. The number of hydrogen-bond acceptors (Lipinski definition) is 5. The Labute approximate surface area is 152 Å². The van der Waals surface area contributed by atoms with Gasteiger partial charge in [0.05, 0.1) is 19.2 Å². The first kappa shape index (κ1) is 19.1. The highest BCUT2D eigenvalue weighted by Crippen LogP contribution is 2.27. The molecule has 0 fully saturated rings. The lowest BCUT2D eigenvalue weighted by Crippen LogP contribution is -2.45. The molecule has 25 heavy (non-hydrogen) atoms. The van der Waals surface area contributed by atoms with Crippen LogP contribution in [0.3, 0.4) is 0 Å².